The maximum Gasteiger partial charge on any atom is 0.226 e. The number of fused-ring (bicyclic) bond motifs is 1. The fourth-order valence-electron chi connectivity index (χ4n) is 4.07. The summed E-state index contributed by atoms with van der Waals surface area (Å²) in [6.45, 7) is 8.78. The molecule has 0 aliphatic carbocycles. The Morgan fingerprint density at radius 1 is 1.29 bits per heavy atom. The van der Waals surface area contributed by atoms with Gasteiger partial charge in [-0.05, 0) is 56.9 Å². The van der Waals surface area contributed by atoms with Crippen LogP contribution in [0.15, 0.2) is 18.3 Å². The van der Waals surface area contributed by atoms with E-state index in [1.54, 1.807) is 7.11 Å². The first-order valence-electron chi connectivity index (χ1n) is 9.35. The van der Waals surface area contributed by atoms with Gasteiger partial charge in [0, 0.05) is 44.6 Å². The Morgan fingerprint density at radius 3 is 2.79 bits per heavy atom. The van der Waals surface area contributed by atoms with Crippen LogP contribution in [0, 0.1) is 11.8 Å². The summed E-state index contributed by atoms with van der Waals surface area (Å²) < 4.78 is 7.59. The summed E-state index contributed by atoms with van der Waals surface area (Å²) in [7, 11) is 1.75. The van der Waals surface area contributed by atoms with Crippen LogP contribution in [0.25, 0.3) is 0 Å². The van der Waals surface area contributed by atoms with E-state index in [-0.39, 0.29) is 5.92 Å². The van der Waals surface area contributed by atoms with E-state index < -0.39 is 0 Å². The van der Waals surface area contributed by atoms with E-state index in [4.69, 9.17) is 4.74 Å². The van der Waals surface area contributed by atoms with E-state index >= 15 is 0 Å². The van der Waals surface area contributed by atoms with Gasteiger partial charge in [0.05, 0.1) is 6.54 Å². The number of hydrogen-bond acceptors (Lipinski definition) is 3. The third-order valence-electron chi connectivity index (χ3n) is 5.64. The fraction of sp³-hybridized carbons (Fsp3) is 0.737. The molecule has 2 aliphatic rings. The Hall–Kier alpha value is -1.33. The second-order valence-corrected chi connectivity index (χ2v) is 7.23. The molecule has 3 rings (SSSR count). The van der Waals surface area contributed by atoms with Gasteiger partial charge in [-0.25, -0.2) is 0 Å². The van der Waals surface area contributed by atoms with Gasteiger partial charge >= 0.3 is 0 Å². The molecule has 1 fully saturated rings. The van der Waals surface area contributed by atoms with Gasteiger partial charge in [0.25, 0.3) is 0 Å². The minimum Gasteiger partial charge on any atom is -0.385 e. The van der Waals surface area contributed by atoms with Crippen molar-refractivity contribution in [1.29, 1.82) is 0 Å². The van der Waals surface area contributed by atoms with Gasteiger partial charge in [-0.15, -0.1) is 0 Å². The minimum absolute atomic E-state index is 0.206. The van der Waals surface area contributed by atoms with Crippen LogP contribution in [-0.2, 0) is 22.6 Å². The van der Waals surface area contributed by atoms with E-state index in [2.05, 4.69) is 39.6 Å². The molecule has 134 valence electrons. The van der Waals surface area contributed by atoms with Gasteiger partial charge in [-0.3, -0.25) is 4.79 Å². The number of carbonyl (C=O) groups excluding carboxylic acids is 1. The quantitative estimate of drug-likeness (QED) is 0.829. The van der Waals surface area contributed by atoms with E-state index in [9.17, 15) is 4.79 Å². The average Bonchev–Trinajstić information content (AvgIpc) is 2.97. The van der Waals surface area contributed by atoms with Gasteiger partial charge < -0.3 is 19.1 Å². The van der Waals surface area contributed by atoms with Crippen LogP contribution in [-0.4, -0.2) is 60.2 Å². The molecule has 5 heteroatoms. The lowest BCUT2D eigenvalue weighted by atomic mass is 9.94. The van der Waals surface area contributed by atoms with Crippen molar-refractivity contribution < 1.29 is 9.53 Å². The zero-order valence-corrected chi connectivity index (χ0v) is 15.1. The second-order valence-electron chi connectivity index (χ2n) is 7.23. The van der Waals surface area contributed by atoms with Crippen molar-refractivity contribution in [1.82, 2.24) is 14.4 Å². The highest BCUT2D eigenvalue weighted by atomic mass is 16.5. The van der Waals surface area contributed by atoms with E-state index in [0.29, 0.717) is 11.8 Å². The largest absolute Gasteiger partial charge is 0.385 e. The molecule has 0 N–H and O–H groups in total. The molecule has 1 saturated heterocycles. The van der Waals surface area contributed by atoms with Crippen molar-refractivity contribution in [2.75, 3.05) is 39.9 Å². The fourth-order valence-corrected chi connectivity index (χ4v) is 4.07. The normalized spacial score (nSPS) is 23.1. The second kappa shape index (κ2) is 8.17. The first kappa shape index (κ1) is 17.5. The molecule has 3 heterocycles. The third-order valence-corrected chi connectivity index (χ3v) is 5.64. The molecule has 1 atom stereocenters. The number of rotatable bonds is 5. The number of piperidine rings is 1. The Bertz CT molecular complexity index is 534. The molecule has 1 amide bonds. The average molecular weight is 333 g/mol. The number of aromatic nitrogens is 1. The highest BCUT2D eigenvalue weighted by molar-refractivity contribution is 5.79. The number of carbonyl (C=O) groups is 1. The summed E-state index contributed by atoms with van der Waals surface area (Å²) in [5.41, 5.74) is 1.26. The van der Waals surface area contributed by atoms with Gasteiger partial charge in [-0.1, -0.05) is 6.92 Å². The first-order chi connectivity index (χ1) is 11.7. The topological polar surface area (TPSA) is 37.7 Å². The molecule has 1 aromatic rings. The van der Waals surface area contributed by atoms with E-state index in [0.717, 1.165) is 65.1 Å². The molecular formula is C19H31N3O2. The molecule has 0 aromatic carbocycles. The summed E-state index contributed by atoms with van der Waals surface area (Å²) in [5.74, 6) is 1.04. The Kier molecular flexibility index (Phi) is 5.95. The summed E-state index contributed by atoms with van der Waals surface area (Å²) in [5, 5.41) is 0. The minimum atomic E-state index is 0.206. The van der Waals surface area contributed by atoms with Crippen LogP contribution < -0.4 is 0 Å². The van der Waals surface area contributed by atoms with Crippen LogP contribution in [0.3, 0.4) is 0 Å². The van der Waals surface area contributed by atoms with Gasteiger partial charge in [0.15, 0.2) is 0 Å². The van der Waals surface area contributed by atoms with Gasteiger partial charge in [-0.2, -0.15) is 0 Å². The zero-order chi connectivity index (χ0) is 16.9. The lowest BCUT2D eigenvalue weighted by Gasteiger charge is -2.34. The molecule has 24 heavy (non-hydrogen) atoms. The first-order valence-corrected chi connectivity index (χ1v) is 9.35. The lowest BCUT2D eigenvalue weighted by Crippen LogP contribution is -2.43. The zero-order valence-electron chi connectivity index (χ0n) is 15.1. The van der Waals surface area contributed by atoms with Crippen LogP contribution in [0.5, 0.6) is 0 Å². The number of methoxy groups -OCH3 is 1. The van der Waals surface area contributed by atoms with Crippen molar-refractivity contribution in [2.24, 2.45) is 11.8 Å². The number of hydrogen-bond donors (Lipinski definition) is 0. The van der Waals surface area contributed by atoms with E-state index in [1.165, 1.54) is 5.69 Å². The Morgan fingerprint density at radius 2 is 2.08 bits per heavy atom. The number of ether oxygens (including phenoxy) is 1. The summed E-state index contributed by atoms with van der Waals surface area (Å²) in [6, 6.07) is 4.25. The number of amides is 1. The highest BCUT2D eigenvalue weighted by Gasteiger charge is 2.31. The standard InChI is InChI=1S/C19H31N3O2/c1-3-20-10-6-17(7-11-20)19(23)22-14-16(8-12-24-2)13-21-9-4-5-18(21)15-22/h4-5,9,16-17H,3,6-8,10-15H2,1-2H3/t16-/m0/s1. The summed E-state index contributed by atoms with van der Waals surface area (Å²) in [6.07, 6.45) is 5.16. The van der Waals surface area contributed by atoms with E-state index in [1.807, 2.05) is 0 Å². The smallest absolute Gasteiger partial charge is 0.226 e. The lowest BCUT2D eigenvalue weighted by molar-refractivity contribution is -0.138. The van der Waals surface area contributed by atoms with Crippen LogP contribution in [0.4, 0.5) is 0 Å². The van der Waals surface area contributed by atoms with Crippen LogP contribution in [0.1, 0.15) is 31.9 Å². The molecular weight excluding hydrogens is 302 g/mol. The van der Waals surface area contributed by atoms with Crippen molar-refractivity contribution >= 4 is 5.91 Å². The maximum atomic E-state index is 13.1. The molecule has 1 aromatic heterocycles. The Labute approximate surface area is 145 Å². The molecule has 2 aliphatic heterocycles. The van der Waals surface area contributed by atoms with Gasteiger partial charge in [0.1, 0.15) is 0 Å². The SMILES string of the molecule is CCN1CCC(C(=O)N2Cc3cccn3C[C@H](CCOC)C2)CC1. The predicted molar refractivity (Wildman–Crippen MR) is 94.7 cm³/mol. The predicted octanol–water partition coefficient (Wildman–Crippen LogP) is 2.21. The monoisotopic (exact) mass is 333 g/mol. The molecule has 0 radical (unpaired) electrons. The van der Waals surface area contributed by atoms with Crippen molar-refractivity contribution in [2.45, 2.75) is 39.3 Å². The third kappa shape index (κ3) is 4.01. The van der Waals surface area contributed by atoms with Crippen molar-refractivity contribution in [3.05, 3.63) is 24.0 Å². The molecule has 0 bridgehead atoms. The van der Waals surface area contributed by atoms with Crippen molar-refractivity contribution in [3.63, 3.8) is 0 Å². The van der Waals surface area contributed by atoms with Crippen LogP contribution in [0.2, 0.25) is 0 Å². The number of nitrogens with zero attached hydrogens (tertiary/aromatic N) is 3. The molecule has 0 saturated carbocycles. The van der Waals surface area contributed by atoms with Gasteiger partial charge in [0.2, 0.25) is 5.91 Å². The summed E-state index contributed by atoms with van der Waals surface area (Å²) in [4.78, 5) is 17.7. The highest BCUT2D eigenvalue weighted by Crippen LogP contribution is 2.25. The summed E-state index contributed by atoms with van der Waals surface area (Å²) >= 11 is 0. The molecule has 0 unspecified atom stereocenters. The maximum absolute atomic E-state index is 13.1. The van der Waals surface area contributed by atoms with Crippen LogP contribution >= 0.6 is 0 Å². The number of likely N-dealkylation sites (tertiary alicyclic amines) is 1. The molecule has 5 nitrogen and oxygen atoms in total. The Balaban J connectivity index is 1.68. The molecule has 0 spiro atoms. The van der Waals surface area contributed by atoms with Crippen molar-refractivity contribution in [3.8, 4) is 0 Å².